The molecule has 3 aromatic rings. The van der Waals surface area contributed by atoms with Gasteiger partial charge in [0.05, 0.1) is 10.2 Å². The number of hydrogen-bond donors (Lipinski definition) is 0. The molecular weight excluding hydrogens is 394 g/mol. The van der Waals surface area contributed by atoms with Crippen molar-refractivity contribution in [2.45, 2.75) is 13.3 Å². The molecule has 0 spiro atoms. The second kappa shape index (κ2) is 10.4. The summed E-state index contributed by atoms with van der Waals surface area (Å²) in [5, 5.41) is 0.732. The highest BCUT2D eigenvalue weighted by molar-refractivity contribution is 7.22. The van der Waals surface area contributed by atoms with E-state index in [4.69, 9.17) is 4.74 Å². The quantitative estimate of drug-likeness (QED) is 0.543. The van der Waals surface area contributed by atoms with E-state index < -0.39 is 0 Å². The Morgan fingerprint density at radius 1 is 1.11 bits per heavy atom. The fraction of sp³-hybridized carbons (Fsp3) is 0.333. The van der Waals surface area contributed by atoms with Crippen LogP contribution in [-0.4, -0.2) is 49.6 Å². The second-order valence-corrected chi connectivity index (χ2v) is 7.78. The number of carbonyl (C=O) groups excluding carboxylic acids is 1. The van der Waals surface area contributed by atoms with E-state index in [0.29, 0.717) is 12.3 Å². The molecule has 0 bridgehead atoms. The predicted octanol–water partition coefficient (Wildman–Crippen LogP) is 4.39. The number of rotatable bonds is 8. The summed E-state index contributed by atoms with van der Waals surface area (Å²) in [6.45, 7) is 3.59. The number of hydrogen-bond acceptors (Lipinski definition) is 5. The van der Waals surface area contributed by atoms with E-state index in [1.165, 1.54) is 5.56 Å². The molecule has 28 heavy (non-hydrogen) atoms. The molecule has 0 aliphatic carbocycles. The van der Waals surface area contributed by atoms with Crippen LogP contribution in [0, 0.1) is 6.92 Å². The van der Waals surface area contributed by atoms with E-state index in [-0.39, 0.29) is 24.9 Å². The van der Waals surface area contributed by atoms with E-state index in [2.05, 4.69) is 22.9 Å². The van der Waals surface area contributed by atoms with E-state index in [0.717, 1.165) is 28.3 Å². The average molecular weight is 420 g/mol. The van der Waals surface area contributed by atoms with E-state index in [9.17, 15) is 4.79 Å². The maximum atomic E-state index is 12.9. The molecule has 0 saturated heterocycles. The number of benzene rings is 2. The van der Waals surface area contributed by atoms with Crippen molar-refractivity contribution in [3.8, 4) is 5.75 Å². The number of thiazole rings is 1. The lowest BCUT2D eigenvalue weighted by atomic mass is 10.2. The van der Waals surface area contributed by atoms with Crippen LogP contribution in [0.4, 0.5) is 5.13 Å². The number of carbonyl (C=O) groups is 1. The van der Waals surface area contributed by atoms with Crippen molar-refractivity contribution in [2.24, 2.45) is 0 Å². The van der Waals surface area contributed by atoms with Crippen LogP contribution in [0.15, 0.2) is 48.5 Å². The van der Waals surface area contributed by atoms with Crippen LogP contribution in [0.1, 0.15) is 12.0 Å². The van der Waals surface area contributed by atoms with Gasteiger partial charge in [-0.05, 0) is 63.8 Å². The van der Waals surface area contributed by atoms with Gasteiger partial charge in [0.15, 0.2) is 11.7 Å². The molecule has 7 heteroatoms. The number of halogens is 1. The van der Waals surface area contributed by atoms with Gasteiger partial charge in [-0.25, -0.2) is 4.98 Å². The zero-order chi connectivity index (χ0) is 19.2. The Hall–Kier alpha value is -2.15. The number of aryl methyl sites for hydroxylation is 1. The number of aromatic nitrogens is 1. The zero-order valence-corrected chi connectivity index (χ0v) is 18.1. The van der Waals surface area contributed by atoms with Gasteiger partial charge in [-0.2, -0.15) is 0 Å². The summed E-state index contributed by atoms with van der Waals surface area (Å²) in [7, 11) is 4.07. The number of amides is 1. The monoisotopic (exact) mass is 419 g/mol. The molecule has 0 N–H and O–H groups in total. The van der Waals surface area contributed by atoms with Gasteiger partial charge in [0.25, 0.3) is 5.91 Å². The van der Waals surface area contributed by atoms with Crippen LogP contribution in [0.25, 0.3) is 10.2 Å². The first kappa shape index (κ1) is 22.1. The minimum atomic E-state index is -0.0756. The fourth-order valence-corrected chi connectivity index (χ4v) is 3.85. The third-order valence-corrected chi connectivity index (χ3v) is 5.20. The van der Waals surface area contributed by atoms with Gasteiger partial charge in [-0.3, -0.25) is 9.69 Å². The van der Waals surface area contributed by atoms with E-state index in [1.807, 2.05) is 56.6 Å². The summed E-state index contributed by atoms with van der Waals surface area (Å²) in [6.07, 6.45) is 0.874. The summed E-state index contributed by atoms with van der Waals surface area (Å²) in [6, 6.07) is 15.6. The molecular formula is C21H26ClN3O2S. The summed E-state index contributed by atoms with van der Waals surface area (Å²) < 4.78 is 6.76. The number of fused-ring (bicyclic) bond motifs is 1. The molecule has 150 valence electrons. The lowest BCUT2D eigenvalue weighted by Crippen LogP contribution is -2.36. The van der Waals surface area contributed by atoms with Crippen molar-refractivity contribution in [3.63, 3.8) is 0 Å². The van der Waals surface area contributed by atoms with Gasteiger partial charge in [-0.1, -0.05) is 35.6 Å². The Morgan fingerprint density at radius 3 is 2.57 bits per heavy atom. The van der Waals surface area contributed by atoms with Gasteiger partial charge < -0.3 is 9.64 Å². The SMILES string of the molecule is Cc1ccc2nc(N(CCCN(C)C)C(=O)COc3ccccc3)sc2c1.Cl. The summed E-state index contributed by atoms with van der Waals surface area (Å²) in [5.41, 5.74) is 2.12. The van der Waals surface area contributed by atoms with Crippen LogP contribution in [0.3, 0.4) is 0 Å². The van der Waals surface area contributed by atoms with E-state index in [1.54, 1.807) is 16.2 Å². The smallest absolute Gasteiger partial charge is 0.266 e. The van der Waals surface area contributed by atoms with Crippen molar-refractivity contribution >= 4 is 45.0 Å². The Kier molecular flexibility index (Phi) is 8.23. The van der Waals surface area contributed by atoms with Crippen LogP contribution >= 0.6 is 23.7 Å². The molecule has 2 aromatic carbocycles. The molecule has 1 aromatic heterocycles. The molecule has 0 saturated carbocycles. The third-order valence-electron chi connectivity index (χ3n) is 4.16. The predicted molar refractivity (Wildman–Crippen MR) is 119 cm³/mol. The van der Waals surface area contributed by atoms with Crippen molar-refractivity contribution in [1.82, 2.24) is 9.88 Å². The zero-order valence-electron chi connectivity index (χ0n) is 16.4. The molecule has 0 fully saturated rings. The summed E-state index contributed by atoms with van der Waals surface area (Å²) >= 11 is 1.55. The highest BCUT2D eigenvalue weighted by Crippen LogP contribution is 2.30. The van der Waals surface area contributed by atoms with Crippen LogP contribution in [0.5, 0.6) is 5.75 Å². The molecule has 0 atom stereocenters. The summed E-state index contributed by atoms with van der Waals surface area (Å²) in [5.74, 6) is 0.618. The Labute approximate surface area is 176 Å². The van der Waals surface area contributed by atoms with E-state index >= 15 is 0 Å². The molecule has 0 radical (unpaired) electrons. The van der Waals surface area contributed by atoms with Gasteiger partial charge in [-0.15, -0.1) is 12.4 Å². The van der Waals surface area contributed by atoms with Crippen molar-refractivity contribution in [3.05, 3.63) is 54.1 Å². The minimum Gasteiger partial charge on any atom is -0.484 e. The summed E-state index contributed by atoms with van der Waals surface area (Å²) in [4.78, 5) is 21.4. The normalized spacial score (nSPS) is 10.7. The standard InChI is InChI=1S/C21H25N3O2S.ClH/c1-16-10-11-18-19(14-16)27-21(22-18)24(13-7-12-23(2)3)20(25)15-26-17-8-5-4-6-9-17;/h4-6,8-11,14H,7,12-13,15H2,1-3H3;1H. The molecule has 1 heterocycles. The van der Waals surface area contributed by atoms with Gasteiger partial charge in [0, 0.05) is 6.54 Å². The largest absolute Gasteiger partial charge is 0.484 e. The van der Waals surface area contributed by atoms with Gasteiger partial charge in [0.2, 0.25) is 0 Å². The van der Waals surface area contributed by atoms with Crippen molar-refractivity contribution < 1.29 is 9.53 Å². The maximum absolute atomic E-state index is 12.9. The molecule has 0 aliphatic heterocycles. The fourth-order valence-electron chi connectivity index (χ4n) is 2.75. The number of nitrogens with zero attached hydrogens (tertiary/aromatic N) is 3. The van der Waals surface area contributed by atoms with Crippen molar-refractivity contribution in [1.29, 1.82) is 0 Å². The van der Waals surface area contributed by atoms with Crippen LogP contribution < -0.4 is 9.64 Å². The molecule has 0 unspecified atom stereocenters. The average Bonchev–Trinajstić information content (AvgIpc) is 3.06. The van der Waals surface area contributed by atoms with Gasteiger partial charge in [0.1, 0.15) is 5.75 Å². The van der Waals surface area contributed by atoms with Crippen LogP contribution in [-0.2, 0) is 4.79 Å². The molecule has 1 amide bonds. The van der Waals surface area contributed by atoms with Crippen molar-refractivity contribution in [2.75, 3.05) is 38.7 Å². The Morgan fingerprint density at radius 2 is 1.86 bits per heavy atom. The first-order chi connectivity index (χ1) is 13.0. The second-order valence-electron chi connectivity index (χ2n) is 6.77. The lowest BCUT2D eigenvalue weighted by molar-refractivity contribution is -0.120. The molecule has 3 rings (SSSR count). The molecule has 0 aliphatic rings. The topological polar surface area (TPSA) is 45.7 Å². The number of para-hydroxylation sites is 1. The van der Waals surface area contributed by atoms with Crippen LogP contribution in [0.2, 0.25) is 0 Å². The highest BCUT2D eigenvalue weighted by atomic mass is 35.5. The maximum Gasteiger partial charge on any atom is 0.266 e. The minimum absolute atomic E-state index is 0. The molecule has 5 nitrogen and oxygen atoms in total. The first-order valence-corrected chi connectivity index (χ1v) is 9.85. The highest BCUT2D eigenvalue weighted by Gasteiger charge is 2.20. The Balaban J connectivity index is 0.00000280. The number of anilines is 1. The van der Waals surface area contributed by atoms with Gasteiger partial charge >= 0.3 is 0 Å². The third kappa shape index (κ3) is 5.92. The lowest BCUT2D eigenvalue weighted by Gasteiger charge is -2.21. The first-order valence-electron chi connectivity index (χ1n) is 9.03. The number of ether oxygens (including phenoxy) is 1. The Bertz CT molecular complexity index is 899.